The van der Waals surface area contributed by atoms with Crippen LogP contribution < -0.4 is 10.6 Å². The molecule has 2 amide bonds. The second-order valence-corrected chi connectivity index (χ2v) is 6.05. The Hall–Kier alpha value is -1.11. The number of hydrogen-bond acceptors (Lipinski definition) is 4. The lowest BCUT2D eigenvalue weighted by molar-refractivity contribution is -0.134. The number of thiophene rings is 1. The maximum absolute atomic E-state index is 12.3. The molecule has 0 aliphatic carbocycles. The van der Waals surface area contributed by atoms with E-state index in [9.17, 15) is 9.59 Å². The Bertz CT molecular complexity index is 461. The van der Waals surface area contributed by atoms with Gasteiger partial charge in [0, 0.05) is 13.1 Å². The molecule has 1 fully saturated rings. The molecule has 0 bridgehead atoms. The van der Waals surface area contributed by atoms with E-state index in [2.05, 4.69) is 10.6 Å². The molecule has 1 aromatic heterocycles. The number of amides is 2. The molecule has 21 heavy (non-hydrogen) atoms. The molecule has 1 unspecified atom stereocenters. The highest BCUT2D eigenvalue weighted by Gasteiger charge is 2.26. The molecule has 1 atom stereocenters. The van der Waals surface area contributed by atoms with Gasteiger partial charge in [-0.1, -0.05) is 6.07 Å². The normalized spacial score (nSPS) is 16.7. The van der Waals surface area contributed by atoms with E-state index in [4.69, 9.17) is 0 Å². The number of nitrogens with one attached hydrogen (secondary N) is 2. The molecule has 1 aliphatic rings. The van der Waals surface area contributed by atoms with E-state index in [-0.39, 0.29) is 30.3 Å². The fourth-order valence-corrected chi connectivity index (χ4v) is 3.04. The molecular formula is C14H22ClN3O2S. The summed E-state index contributed by atoms with van der Waals surface area (Å²) in [4.78, 5) is 26.7. The van der Waals surface area contributed by atoms with Gasteiger partial charge >= 0.3 is 0 Å². The average molecular weight is 332 g/mol. The van der Waals surface area contributed by atoms with E-state index in [1.165, 1.54) is 11.3 Å². The topological polar surface area (TPSA) is 61.4 Å². The lowest BCUT2D eigenvalue weighted by Crippen LogP contribution is -2.51. The third-order valence-electron chi connectivity index (χ3n) is 3.67. The molecular weight excluding hydrogens is 310 g/mol. The predicted octanol–water partition coefficient (Wildman–Crippen LogP) is 1.50. The predicted molar refractivity (Wildman–Crippen MR) is 87.2 cm³/mol. The van der Waals surface area contributed by atoms with Crippen molar-refractivity contribution in [1.82, 2.24) is 15.5 Å². The number of halogens is 1. The van der Waals surface area contributed by atoms with Gasteiger partial charge in [0.25, 0.3) is 5.91 Å². The van der Waals surface area contributed by atoms with Gasteiger partial charge in [-0.2, -0.15) is 0 Å². The second kappa shape index (κ2) is 8.36. The largest absolute Gasteiger partial charge is 0.341 e. The molecule has 7 heteroatoms. The highest BCUT2D eigenvalue weighted by atomic mass is 35.5. The van der Waals surface area contributed by atoms with Crippen molar-refractivity contribution in [2.24, 2.45) is 0 Å². The quantitative estimate of drug-likeness (QED) is 0.879. The van der Waals surface area contributed by atoms with Gasteiger partial charge in [-0.25, -0.2) is 0 Å². The van der Waals surface area contributed by atoms with Gasteiger partial charge in [0.05, 0.1) is 4.88 Å². The van der Waals surface area contributed by atoms with Crippen molar-refractivity contribution in [3.05, 3.63) is 22.4 Å². The number of rotatable bonds is 4. The first-order valence-corrected chi connectivity index (χ1v) is 7.79. The van der Waals surface area contributed by atoms with E-state index in [1.54, 1.807) is 17.9 Å². The van der Waals surface area contributed by atoms with Crippen molar-refractivity contribution in [3.8, 4) is 0 Å². The van der Waals surface area contributed by atoms with Crippen molar-refractivity contribution < 1.29 is 9.59 Å². The molecule has 1 aromatic rings. The highest BCUT2D eigenvalue weighted by molar-refractivity contribution is 7.12. The van der Waals surface area contributed by atoms with E-state index >= 15 is 0 Å². The third-order valence-corrected chi connectivity index (χ3v) is 4.54. The van der Waals surface area contributed by atoms with E-state index in [1.807, 2.05) is 18.5 Å². The minimum Gasteiger partial charge on any atom is -0.341 e. The minimum atomic E-state index is -0.496. The lowest BCUT2D eigenvalue weighted by Gasteiger charge is -2.33. The Morgan fingerprint density at radius 1 is 1.43 bits per heavy atom. The Morgan fingerprint density at radius 3 is 2.67 bits per heavy atom. The Kier molecular flexibility index (Phi) is 7.14. The average Bonchev–Trinajstić information content (AvgIpc) is 3.01. The fraction of sp³-hybridized carbons (Fsp3) is 0.571. The molecule has 2 rings (SSSR count). The molecule has 0 radical (unpaired) electrons. The third kappa shape index (κ3) is 4.69. The maximum atomic E-state index is 12.3. The summed E-state index contributed by atoms with van der Waals surface area (Å²) in [5, 5.41) is 7.90. The van der Waals surface area contributed by atoms with Crippen molar-refractivity contribution in [3.63, 3.8) is 0 Å². The van der Waals surface area contributed by atoms with Gasteiger partial charge in [0.15, 0.2) is 0 Å². The van der Waals surface area contributed by atoms with Crippen LogP contribution in [0.2, 0.25) is 0 Å². The number of carbonyl (C=O) groups is 2. The van der Waals surface area contributed by atoms with Gasteiger partial charge in [-0.15, -0.1) is 23.7 Å². The van der Waals surface area contributed by atoms with Crippen molar-refractivity contribution in [2.45, 2.75) is 31.8 Å². The van der Waals surface area contributed by atoms with Crippen molar-refractivity contribution >= 4 is 35.6 Å². The van der Waals surface area contributed by atoms with Gasteiger partial charge in [0.2, 0.25) is 5.91 Å². The molecule has 1 saturated heterocycles. The van der Waals surface area contributed by atoms with Crippen LogP contribution in [0.15, 0.2) is 17.5 Å². The van der Waals surface area contributed by atoms with E-state index < -0.39 is 6.04 Å². The molecule has 2 heterocycles. The Labute approximate surface area is 135 Å². The van der Waals surface area contributed by atoms with Gasteiger partial charge in [0.1, 0.15) is 6.04 Å². The van der Waals surface area contributed by atoms with Crippen LogP contribution in [0.25, 0.3) is 0 Å². The number of nitrogens with zero attached hydrogens (tertiary/aromatic N) is 1. The number of piperidine rings is 1. The highest BCUT2D eigenvalue weighted by Crippen LogP contribution is 2.12. The SMILES string of the molecule is CC(NC(=O)c1cccs1)C(=O)N(C)C1CCNCC1.Cl. The van der Waals surface area contributed by atoms with Crippen LogP contribution in [0.5, 0.6) is 0 Å². The van der Waals surface area contributed by atoms with Crippen molar-refractivity contribution in [2.75, 3.05) is 20.1 Å². The van der Waals surface area contributed by atoms with Crippen LogP contribution in [0.4, 0.5) is 0 Å². The molecule has 0 spiro atoms. The zero-order valence-corrected chi connectivity index (χ0v) is 13.9. The van der Waals surface area contributed by atoms with E-state index in [0.29, 0.717) is 4.88 Å². The summed E-state index contributed by atoms with van der Waals surface area (Å²) in [5.41, 5.74) is 0. The standard InChI is InChI=1S/C14H21N3O2S.ClH/c1-10(16-13(18)12-4-3-9-20-12)14(19)17(2)11-5-7-15-8-6-11;/h3-4,9-11,15H,5-8H2,1-2H3,(H,16,18);1H. The van der Waals surface area contributed by atoms with Crippen LogP contribution in [-0.2, 0) is 4.79 Å². The number of hydrogen-bond donors (Lipinski definition) is 2. The monoisotopic (exact) mass is 331 g/mol. The van der Waals surface area contributed by atoms with Crippen LogP contribution in [0.3, 0.4) is 0 Å². The smallest absolute Gasteiger partial charge is 0.261 e. The molecule has 5 nitrogen and oxygen atoms in total. The Morgan fingerprint density at radius 2 is 2.10 bits per heavy atom. The summed E-state index contributed by atoms with van der Waals surface area (Å²) in [6.45, 7) is 3.63. The van der Waals surface area contributed by atoms with Crippen molar-refractivity contribution in [1.29, 1.82) is 0 Å². The minimum absolute atomic E-state index is 0. The van der Waals surface area contributed by atoms with Gasteiger partial charge < -0.3 is 15.5 Å². The summed E-state index contributed by atoms with van der Waals surface area (Å²) in [7, 11) is 1.83. The molecule has 0 saturated carbocycles. The molecule has 1 aliphatic heterocycles. The van der Waals surface area contributed by atoms with Gasteiger partial charge in [-0.05, 0) is 44.3 Å². The fourth-order valence-electron chi connectivity index (χ4n) is 2.42. The van der Waals surface area contributed by atoms with Crippen LogP contribution >= 0.6 is 23.7 Å². The van der Waals surface area contributed by atoms with Crippen LogP contribution in [0.1, 0.15) is 29.4 Å². The number of carbonyl (C=O) groups excluding carboxylic acids is 2. The molecule has 0 aromatic carbocycles. The van der Waals surface area contributed by atoms with Gasteiger partial charge in [-0.3, -0.25) is 9.59 Å². The first-order chi connectivity index (χ1) is 9.59. The maximum Gasteiger partial charge on any atom is 0.261 e. The summed E-state index contributed by atoms with van der Waals surface area (Å²) in [6.07, 6.45) is 1.93. The summed E-state index contributed by atoms with van der Waals surface area (Å²) < 4.78 is 0. The zero-order valence-electron chi connectivity index (χ0n) is 12.3. The van der Waals surface area contributed by atoms with Crippen LogP contribution in [-0.4, -0.2) is 48.9 Å². The summed E-state index contributed by atoms with van der Waals surface area (Å²) >= 11 is 1.38. The van der Waals surface area contributed by atoms with E-state index in [0.717, 1.165) is 25.9 Å². The second-order valence-electron chi connectivity index (χ2n) is 5.10. The summed E-state index contributed by atoms with van der Waals surface area (Å²) in [6, 6.07) is 3.36. The molecule has 118 valence electrons. The first-order valence-electron chi connectivity index (χ1n) is 6.91. The zero-order chi connectivity index (χ0) is 14.5. The lowest BCUT2D eigenvalue weighted by atomic mass is 10.0. The van der Waals surface area contributed by atoms with Crippen LogP contribution in [0, 0.1) is 0 Å². The number of likely N-dealkylation sites (N-methyl/N-ethyl adjacent to an activating group) is 1. The first kappa shape index (κ1) is 17.9. The summed E-state index contributed by atoms with van der Waals surface area (Å²) in [5.74, 6) is -0.207. The Balaban J connectivity index is 0.00000220. The molecule has 2 N–H and O–H groups in total.